The van der Waals surface area contributed by atoms with Gasteiger partial charge in [0.1, 0.15) is 5.25 Å². The number of carbonyl (C=O) groups is 1. The minimum Gasteiger partial charge on any atom is -0.325 e. The molecule has 0 saturated heterocycles. The van der Waals surface area contributed by atoms with Crippen molar-refractivity contribution in [2.75, 3.05) is 5.32 Å². The van der Waals surface area contributed by atoms with Crippen LogP contribution in [0.5, 0.6) is 0 Å². The molecule has 6 nitrogen and oxygen atoms in total. The van der Waals surface area contributed by atoms with Gasteiger partial charge in [0.05, 0.1) is 5.69 Å². The predicted octanol–water partition coefficient (Wildman–Crippen LogP) is 5.40. The van der Waals surface area contributed by atoms with E-state index in [9.17, 15) is 4.79 Å². The van der Waals surface area contributed by atoms with Crippen molar-refractivity contribution in [2.24, 2.45) is 0 Å². The molecule has 8 heteroatoms. The number of carbonyl (C=O) groups excluding carboxylic acids is 1. The SMILES string of the molecule is Cc1ccc(C)c(NC(=O)[C@@H](Sc2nnnn2-c2cccc(Cl)c2)c2ccccc2)c1. The van der Waals surface area contributed by atoms with Gasteiger partial charge in [-0.1, -0.05) is 71.9 Å². The average Bonchev–Trinajstić information content (AvgIpc) is 3.23. The van der Waals surface area contributed by atoms with Gasteiger partial charge in [-0.2, -0.15) is 4.68 Å². The van der Waals surface area contributed by atoms with Gasteiger partial charge in [-0.15, -0.1) is 5.10 Å². The number of rotatable bonds is 6. The number of nitrogens with zero attached hydrogens (tertiary/aromatic N) is 4. The summed E-state index contributed by atoms with van der Waals surface area (Å²) in [5.41, 5.74) is 4.45. The molecule has 0 aliphatic heterocycles. The molecule has 4 aromatic rings. The van der Waals surface area contributed by atoms with E-state index < -0.39 is 5.25 Å². The van der Waals surface area contributed by atoms with Gasteiger partial charge in [0.15, 0.2) is 0 Å². The third kappa shape index (κ3) is 4.95. The smallest absolute Gasteiger partial charge is 0.242 e. The minimum absolute atomic E-state index is 0.148. The van der Waals surface area contributed by atoms with Crippen molar-refractivity contribution < 1.29 is 4.79 Å². The van der Waals surface area contributed by atoms with Crippen LogP contribution in [-0.4, -0.2) is 26.1 Å². The van der Waals surface area contributed by atoms with E-state index in [0.717, 1.165) is 28.1 Å². The summed E-state index contributed by atoms with van der Waals surface area (Å²) < 4.78 is 1.58. The average molecular weight is 450 g/mol. The van der Waals surface area contributed by atoms with E-state index in [1.807, 2.05) is 74.5 Å². The molecule has 1 atom stereocenters. The number of anilines is 1. The largest absolute Gasteiger partial charge is 0.325 e. The zero-order valence-electron chi connectivity index (χ0n) is 17.0. The Hall–Kier alpha value is -3.16. The van der Waals surface area contributed by atoms with Crippen molar-refractivity contribution in [1.29, 1.82) is 0 Å². The highest BCUT2D eigenvalue weighted by Gasteiger charge is 2.26. The fraction of sp³-hybridized carbons (Fsp3) is 0.130. The number of tetrazole rings is 1. The van der Waals surface area contributed by atoms with Crippen LogP contribution in [0.4, 0.5) is 5.69 Å². The van der Waals surface area contributed by atoms with E-state index in [0.29, 0.717) is 10.2 Å². The van der Waals surface area contributed by atoms with Crippen molar-refractivity contribution in [3.8, 4) is 5.69 Å². The summed E-state index contributed by atoms with van der Waals surface area (Å²) in [5, 5.41) is 15.6. The molecule has 0 radical (unpaired) electrons. The number of nitrogens with one attached hydrogen (secondary N) is 1. The number of aromatic nitrogens is 4. The highest BCUT2D eigenvalue weighted by molar-refractivity contribution is 8.00. The summed E-state index contributed by atoms with van der Waals surface area (Å²) >= 11 is 7.42. The fourth-order valence-electron chi connectivity index (χ4n) is 3.10. The zero-order valence-corrected chi connectivity index (χ0v) is 18.6. The van der Waals surface area contributed by atoms with Gasteiger partial charge >= 0.3 is 0 Å². The molecule has 3 aromatic carbocycles. The molecule has 0 bridgehead atoms. The lowest BCUT2D eigenvalue weighted by Gasteiger charge is -2.18. The molecule has 1 N–H and O–H groups in total. The maximum Gasteiger partial charge on any atom is 0.242 e. The van der Waals surface area contributed by atoms with E-state index in [1.54, 1.807) is 16.8 Å². The van der Waals surface area contributed by atoms with Crippen LogP contribution < -0.4 is 5.32 Å². The van der Waals surface area contributed by atoms with E-state index in [4.69, 9.17) is 11.6 Å². The molecule has 0 unspecified atom stereocenters. The molecule has 0 saturated carbocycles. The Balaban J connectivity index is 1.67. The minimum atomic E-state index is -0.551. The summed E-state index contributed by atoms with van der Waals surface area (Å²) in [6, 6.07) is 22.8. The Kier molecular flexibility index (Phi) is 6.34. The fourth-order valence-corrected chi connectivity index (χ4v) is 4.28. The standard InChI is InChI=1S/C23H20ClN5OS/c1-15-11-12-16(2)20(13-15)25-22(30)21(17-7-4-3-5-8-17)31-23-26-27-28-29(23)19-10-6-9-18(24)14-19/h3-14,21H,1-2H3,(H,25,30)/t21-/m0/s1. The molecule has 0 aliphatic carbocycles. The number of hydrogen-bond donors (Lipinski definition) is 1. The highest BCUT2D eigenvalue weighted by Crippen LogP contribution is 2.36. The van der Waals surface area contributed by atoms with Crippen molar-refractivity contribution >= 4 is 35.0 Å². The number of hydrogen-bond acceptors (Lipinski definition) is 5. The number of amides is 1. The van der Waals surface area contributed by atoms with Crippen molar-refractivity contribution in [3.05, 3.63) is 94.5 Å². The lowest BCUT2D eigenvalue weighted by Crippen LogP contribution is -2.20. The molecule has 0 spiro atoms. The summed E-state index contributed by atoms with van der Waals surface area (Å²) in [5.74, 6) is -0.148. The highest BCUT2D eigenvalue weighted by atomic mass is 35.5. The Morgan fingerprint density at radius 3 is 2.61 bits per heavy atom. The van der Waals surface area contributed by atoms with Gasteiger partial charge in [0, 0.05) is 10.7 Å². The van der Waals surface area contributed by atoms with Gasteiger partial charge in [0.25, 0.3) is 0 Å². The van der Waals surface area contributed by atoms with Gasteiger partial charge in [-0.3, -0.25) is 4.79 Å². The first-order valence-electron chi connectivity index (χ1n) is 9.65. The van der Waals surface area contributed by atoms with E-state index in [-0.39, 0.29) is 5.91 Å². The molecule has 4 rings (SSSR count). The third-order valence-electron chi connectivity index (χ3n) is 4.71. The molecule has 0 fully saturated rings. The summed E-state index contributed by atoms with van der Waals surface area (Å²) in [7, 11) is 0. The summed E-state index contributed by atoms with van der Waals surface area (Å²) in [6.07, 6.45) is 0. The lowest BCUT2D eigenvalue weighted by molar-refractivity contribution is -0.115. The molecule has 31 heavy (non-hydrogen) atoms. The van der Waals surface area contributed by atoms with Crippen LogP contribution in [0.15, 0.2) is 78.0 Å². The van der Waals surface area contributed by atoms with Gasteiger partial charge in [0.2, 0.25) is 11.1 Å². The van der Waals surface area contributed by atoms with Crippen LogP contribution in [0.1, 0.15) is 21.9 Å². The number of thioether (sulfide) groups is 1. The normalized spacial score (nSPS) is 11.8. The molecule has 0 aliphatic rings. The number of aryl methyl sites for hydroxylation is 2. The van der Waals surface area contributed by atoms with Crippen LogP contribution in [0.3, 0.4) is 0 Å². The predicted molar refractivity (Wildman–Crippen MR) is 124 cm³/mol. The van der Waals surface area contributed by atoms with Gasteiger partial charge < -0.3 is 5.32 Å². The van der Waals surface area contributed by atoms with Crippen LogP contribution in [0, 0.1) is 13.8 Å². The second-order valence-electron chi connectivity index (χ2n) is 7.07. The maximum atomic E-state index is 13.4. The summed E-state index contributed by atoms with van der Waals surface area (Å²) in [4.78, 5) is 13.4. The molecule has 1 amide bonds. The molecule has 1 aromatic heterocycles. The Morgan fingerprint density at radius 1 is 1.03 bits per heavy atom. The van der Waals surface area contributed by atoms with Crippen molar-refractivity contribution in [1.82, 2.24) is 20.2 Å². The number of halogens is 1. The second-order valence-corrected chi connectivity index (χ2v) is 8.58. The lowest BCUT2D eigenvalue weighted by atomic mass is 10.1. The Bertz CT molecular complexity index is 1210. The van der Waals surface area contributed by atoms with Crippen LogP contribution in [-0.2, 0) is 4.79 Å². The van der Waals surface area contributed by atoms with Crippen LogP contribution in [0.2, 0.25) is 5.02 Å². The van der Waals surface area contributed by atoms with E-state index in [2.05, 4.69) is 20.8 Å². The second kappa shape index (κ2) is 9.32. The van der Waals surface area contributed by atoms with Gasteiger partial charge in [-0.25, -0.2) is 0 Å². The molecular formula is C23H20ClN5OS. The molecule has 156 valence electrons. The number of benzene rings is 3. The zero-order chi connectivity index (χ0) is 21.8. The Morgan fingerprint density at radius 2 is 1.84 bits per heavy atom. The molecule has 1 heterocycles. The first-order chi connectivity index (χ1) is 15.0. The third-order valence-corrected chi connectivity index (χ3v) is 6.13. The van der Waals surface area contributed by atoms with Crippen LogP contribution in [0.25, 0.3) is 5.69 Å². The van der Waals surface area contributed by atoms with Gasteiger partial charge in [-0.05, 0) is 65.2 Å². The first-order valence-corrected chi connectivity index (χ1v) is 10.9. The first kappa shape index (κ1) is 21.1. The summed E-state index contributed by atoms with van der Waals surface area (Å²) in [6.45, 7) is 3.97. The Labute approximate surface area is 189 Å². The quantitative estimate of drug-likeness (QED) is 0.399. The maximum absolute atomic E-state index is 13.4. The van der Waals surface area contributed by atoms with Crippen molar-refractivity contribution in [2.45, 2.75) is 24.3 Å². The van der Waals surface area contributed by atoms with E-state index >= 15 is 0 Å². The van der Waals surface area contributed by atoms with E-state index in [1.165, 1.54) is 11.8 Å². The monoisotopic (exact) mass is 449 g/mol. The van der Waals surface area contributed by atoms with Crippen LogP contribution >= 0.6 is 23.4 Å². The topological polar surface area (TPSA) is 72.7 Å². The van der Waals surface area contributed by atoms with Crippen molar-refractivity contribution in [3.63, 3.8) is 0 Å². The molecular weight excluding hydrogens is 430 g/mol.